The van der Waals surface area contributed by atoms with Gasteiger partial charge in [0.15, 0.2) is 11.5 Å². The van der Waals surface area contributed by atoms with Gasteiger partial charge in [-0.2, -0.15) is 0 Å². The average Bonchev–Trinajstić information content (AvgIpc) is 3.16. The summed E-state index contributed by atoms with van der Waals surface area (Å²) in [5.74, 6) is 0.668. The van der Waals surface area contributed by atoms with Crippen LogP contribution in [0.5, 0.6) is 17.2 Å². The van der Waals surface area contributed by atoms with Crippen LogP contribution in [0.25, 0.3) is 6.08 Å². The number of imide groups is 1. The standard InChI is InChI=1S/C27H23BrN2O6S/c1-34-21-10-8-20(9-11-21)29-25(31)15-30-26(32)24(37-27(30)33)14-18-5-12-22(23(13-18)35-2)36-16-17-3-6-19(28)7-4-17/h3-14H,15-16H2,1-2H3,(H,29,31)/b24-14-. The Labute approximate surface area is 226 Å². The zero-order valence-corrected chi connectivity index (χ0v) is 22.4. The Morgan fingerprint density at radius 2 is 1.70 bits per heavy atom. The monoisotopic (exact) mass is 582 g/mol. The fourth-order valence-corrected chi connectivity index (χ4v) is 4.54. The van der Waals surface area contributed by atoms with Crippen molar-refractivity contribution in [3.8, 4) is 17.2 Å². The Morgan fingerprint density at radius 3 is 2.38 bits per heavy atom. The third kappa shape index (κ3) is 6.72. The van der Waals surface area contributed by atoms with Crippen molar-refractivity contribution in [2.75, 3.05) is 26.1 Å². The first-order chi connectivity index (χ1) is 17.9. The molecule has 37 heavy (non-hydrogen) atoms. The van der Waals surface area contributed by atoms with E-state index < -0.39 is 17.1 Å². The van der Waals surface area contributed by atoms with E-state index in [-0.39, 0.29) is 11.4 Å². The van der Waals surface area contributed by atoms with E-state index in [1.54, 1.807) is 55.7 Å². The summed E-state index contributed by atoms with van der Waals surface area (Å²) in [5.41, 5.74) is 2.18. The highest BCUT2D eigenvalue weighted by atomic mass is 79.9. The molecule has 1 N–H and O–H groups in total. The number of hydrogen-bond donors (Lipinski definition) is 1. The Morgan fingerprint density at radius 1 is 0.973 bits per heavy atom. The number of amides is 3. The fourth-order valence-electron chi connectivity index (χ4n) is 3.44. The Kier molecular flexibility index (Phi) is 8.52. The van der Waals surface area contributed by atoms with Gasteiger partial charge < -0.3 is 19.5 Å². The molecule has 0 bridgehead atoms. The molecule has 0 aromatic heterocycles. The minimum absolute atomic E-state index is 0.216. The van der Waals surface area contributed by atoms with Crippen LogP contribution in [0.1, 0.15) is 11.1 Å². The van der Waals surface area contributed by atoms with Gasteiger partial charge in [-0.05, 0) is 77.5 Å². The second-order valence-electron chi connectivity index (χ2n) is 7.87. The van der Waals surface area contributed by atoms with Gasteiger partial charge in [0.25, 0.3) is 11.1 Å². The molecule has 0 atom stereocenters. The number of nitrogens with zero attached hydrogens (tertiary/aromatic N) is 1. The predicted molar refractivity (Wildman–Crippen MR) is 146 cm³/mol. The fraction of sp³-hybridized carbons (Fsp3) is 0.148. The number of carbonyl (C=O) groups is 3. The van der Waals surface area contributed by atoms with Gasteiger partial charge in [-0.15, -0.1) is 0 Å². The second-order valence-corrected chi connectivity index (χ2v) is 9.78. The number of thioether (sulfide) groups is 1. The van der Waals surface area contributed by atoms with Crippen LogP contribution in [0, 0.1) is 0 Å². The van der Waals surface area contributed by atoms with Gasteiger partial charge in [-0.3, -0.25) is 19.3 Å². The predicted octanol–water partition coefficient (Wildman–Crippen LogP) is 5.72. The van der Waals surface area contributed by atoms with Crippen LogP contribution in [-0.4, -0.2) is 42.7 Å². The number of benzene rings is 3. The molecule has 0 unspecified atom stereocenters. The lowest BCUT2D eigenvalue weighted by atomic mass is 10.1. The lowest BCUT2D eigenvalue weighted by Gasteiger charge is -2.13. The van der Waals surface area contributed by atoms with E-state index in [1.165, 1.54) is 7.11 Å². The summed E-state index contributed by atoms with van der Waals surface area (Å²) in [6, 6.07) is 19.8. The lowest BCUT2D eigenvalue weighted by molar-refractivity contribution is -0.127. The number of hydrogen-bond acceptors (Lipinski definition) is 7. The maximum absolute atomic E-state index is 12.9. The summed E-state index contributed by atoms with van der Waals surface area (Å²) >= 11 is 4.19. The van der Waals surface area contributed by atoms with Crippen LogP contribution in [-0.2, 0) is 16.2 Å². The zero-order valence-electron chi connectivity index (χ0n) is 20.0. The molecule has 10 heteroatoms. The first kappa shape index (κ1) is 26.3. The SMILES string of the molecule is COc1ccc(NC(=O)CN2C(=O)S/C(=C\c3ccc(OCc4ccc(Br)cc4)c(OC)c3)C2=O)cc1. The Bertz CT molecular complexity index is 1340. The summed E-state index contributed by atoms with van der Waals surface area (Å²) in [6.45, 7) is -0.0271. The van der Waals surface area contributed by atoms with Crippen molar-refractivity contribution in [1.82, 2.24) is 4.90 Å². The highest BCUT2D eigenvalue weighted by molar-refractivity contribution is 9.10. The molecule has 3 aromatic rings. The molecular formula is C27H23BrN2O6S. The molecule has 1 heterocycles. The van der Waals surface area contributed by atoms with Gasteiger partial charge in [-0.25, -0.2) is 0 Å². The van der Waals surface area contributed by atoms with E-state index in [2.05, 4.69) is 21.2 Å². The first-order valence-corrected chi connectivity index (χ1v) is 12.7. The Balaban J connectivity index is 1.40. The van der Waals surface area contributed by atoms with Gasteiger partial charge in [0.1, 0.15) is 18.9 Å². The van der Waals surface area contributed by atoms with Crippen molar-refractivity contribution >= 4 is 56.5 Å². The van der Waals surface area contributed by atoms with Crippen molar-refractivity contribution in [3.63, 3.8) is 0 Å². The molecule has 1 saturated heterocycles. The van der Waals surface area contributed by atoms with E-state index in [0.29, 0.717) is 35.1 Å². The van der Waals surface area contributed by atoms with Crippen LogP contribution in [0.3, 0.4) is 0 Å². The van der Waals surface area contributed by atoms with Crippen molar-refractivity contribution in [3.05, 3.63) is 87.2 Å². The molecular weight excluding hydrogens is 560 g/mol. The zero-order chi connectivity index (χ0) is 26.4. The molecule has 1 aliphatic heterocycles. The highest BCUT2D eigenvalue weighted by Gasteiger charge is 2.36. The largest absolute Gasteiger partial charge is 0.497 e. The average molecular weight is 583 g/mol. The minimum atomic E-state index is -0.533. The molecule has 0 spiro atoms. The normalized spacial score (nSPS) is 14.1. The molecule has 1 aliphatic rings. The maximum Gasteiger partial charge on any atom is 0.294 e. The van der Waals surface area contributed by atoms with Crippen molar-refractivity contribution in [2.24, 2.45) is 0 Å². The number of halogens is 1. The molecule has 1 fully saturated rings. The molecule has 0 saturated carbocycles. The van der Waals surface area contributed by atoms with Gasteiger partial charge in [0.05, 0.1) is 19.1 Å². The van der Waals surface area contributed by atoms with Crippen LogP contribution in [0.4, 0.5) is 10.5 Å². The number of nitrogens with one attached hydrogen (secondary N) is 1. The quantitative estimate of drug-likeness (QED) is 0.322. The van der Waals surface area contributed by atoms with Crippen molar-refractivity contribution in [2.45, 2.75) is 6.61 Å². The van der Waals surface area contributed by atoms with Crippen LogP contribution in [0.15, 0.2) is 76.1 Å². The highest BCUT2D eigenvalue weighted by Crippen LogP contribution is 2.35. The summed E-state index contributed by atoms with van der Waals surface area (Å²) < 4.78 is 17.4. The number of carbonyl (C=O) groups excluding carboxylic acids is 3. The molecule has 3 aromatic carbocycles. The van der Waals surface area contributed by atoms with Crippen molar-refractivity contribution < 1.29 is 28.6 Å². The van der Waals surface area contributed by atoms with Crippen LogP contribution in [0.2, 0.25) is 0 Å². The molecule has 4 rings (SSSR count). The van der Waals surface area contributed by atoms with Crippen molar-refractivity contribution in [1.29, 1.82) is 0 Å². The third-order valence-electron chi connectivity index (χ3n) is 5.34. The summed E-state index contributed by atoms with van der Waals surface area (Å²) in [7, 11) is 3.07. The summed E-state index contributed by atoms with van der Waals surface area (Å²) in [6.07, 6.45) is 1.59. The van der Waals surface area contributed by atoms with Gasteiger partial charge in [0.2, 0.25) is 5.91 Å². The van der Waals surface area contributed by atoms with E-state index in [9.17, 15) is 14.4 Å². The smallest absolute Gasteiger partial charge is 0.294 e. The topological polar surface area (TPSA) is 94.2 Å². The van der Waals surface area contributed by atoms with E-state index in [0.717, 1.165) is 26.7 Å². The van der Waals surface area contributed by atoms with E-state index in [1.807, 2.05) is 24.3 Å². The van der Waals surface area contributed by atoms with E-state index in [4.69, 9.17) is 14.2 Å². The molecule has 0 radical (unpaired) electrons. The number of ether oxygens (including phenoxy) is 3. The minimum Gasteiger partial charge on any atom is -0.497 e. The number of rotatable bonds is 9. The third-order valence-corrected chi connectivity index (χ3v) is 6.78. The molecule has 0 aliphatic carbocycles. The number of methoxy groups -OCH3 is 2. The number of anilines is 1. The van der Waals surface area contributed by atoms with Gasteiger partial charge >= 0.3 is 0 Å². The van der Waals surface area contributed by atoms with Gasteiger partial charge in [-0.1, -0.05) is 34.1 Å². The maximum atomic E-state index is 12.9. The lowest BCUT2D eigenvalue weighted by Crippen LogP contribution is -2.36. The van der Waals surface area contributed by atoms with Crippen LogP contribution < -0.4 is 19.5 Å². The summed E-state index contributed by atoms with van der Waals surface area (Å²) in [5, 5.41) is 2.16. The first-order valence-electron chi connectivity index (χ1n) is 11.1. The Hall–Kier alpha value is -3.76. The molecule has 8 nitrogen and oxygen atoms in total. The molecule has 3 amide bonds. The molecule has 190 valence electrons. The van der Waals surface area contributed by atoms with Gasteiger partial charge in [0, 0.05) is 10.2 Å². The second kappa shape index (κ2) is 12.0. The van der Waals surface area contributed by atoms with Crippen LogP contribution >= 0.6 is 27.7 Å². The van der Waals surface area contributed by atoms with E-state index >= 15 is 0 Å². The summed E-state index contributed by atoms with van der Waals surface area (Å²) in [4.78, 5) is 38.9.